The van der Waals surface area contributed by atoms with Crippen molar-refractivity contribution in [2.45, 2.75) is 6.04 Å². The summed E-state index contributed by atoms with van der Waals surface area (Å²) in [6, 6.07) is 5.37. The van der Waals surface area contributed by atoms with Crippen molar-refractivity contribution in [3.05, 3.63) is 69.0 Å². The molecule has 0 aliphatic carbocycles. The normalized spacial score (nSPS) is 12.5. The summed E-state index contributed by atoms with van der Waals surface area (Å²) < 4.78 is 39.7. The van der Waals surface area contributed by atoms with Crippen LogP contribution in [0.4, 0.5) is 13.2 Å². The van der Waals surface area contributed by atoms with Crippen LogP contribution in [0.1, 0.15) is 17.2 Å². The molecule has 1 unspecified atom stereocenters. The summed E-state index contributed by atoms with van der Waals surface area (Å²) in [6.07, 6.45) is 0. The highest BCUT2D eigenvalue weighted by Gasteiger charge is 2.21. The minimum absolute atomic E-state index is 0.178. The van der Waals surface area contributed by atoms with E-state index in [4.69, 9.17) is 28.9 Å². The summed E-state index contributed by atoms with van der Waals surface area (Å²) >= 11 is 11.7. The van der Waals surface area contributed by atoms with Gasteiger partial charge >= 0.3 is 0 Å². The molecule has 0 radical (unpaired) electrons. The van der Waals surface area contributed by atoms with Crippen molar-refractivity contribution in [3.63, 3.8) is 0 Å². The van der Waals surface area contributed by atoms with Crippen molar-refractivity contribution < 1.29 is 13.2 Å². The average Bonchev–Trinajstić information content (AvgIpc) is 2.35. The van der Waals surface area contributed by atoms with Gasteiger partial charge in [-0.05, 0) is 23.8 Å². The average molecular weight is 306 g/mol. The summed E-state index contributed by atoms with van der Waals surface area (Å²) in [5.74, 6) is -4.15. The van der Waals surface area contributed by atoms with E-state index < -0.39 is 23.5 Å². The summed E-state index contributed by atoms with van der Waals surface area (Å²) in [6.45, 7) is 0. The van der Waals surface area contributed by atoms with Crippen LogP contribution >= 0.6 is 23.2 Å². The lowest BCUT2D eigenvalue weighted by atomic mass is 9.99. The minimum atomic E-state index is -1.56. The van der Waals surface area contributed by atoms with E-state index in [1.165, 1.54) is 18.2 Å². The molecule has 0 heterocycles. The van der Waals surface area contributed by atoms with Crippen molar-refractivity contribution in [1.82, 2.24) is 0 Å². The largest absolute Gasteiger partial charge is 0.320 e. The lowest BCUT2D eigenvalue weighted by Gasteiger charge is -2.15. The van der Waals surface area contributed by atoms with Crippen LogP contribution in [0.15, 0.2) is 30.3 Å². The van der Waals surface area contributed by atoms with Crippen LogP contribution in [0.3, 0.4) is 0 Å². The van der Waals surface area contributed by atoms with E-state index in [-0.39, 0.29) is 10.6 Å². The molecule has 2 aromatic carbocycles. The third-order valence-electron chi connectivity index (χ3n) is 2.70. The highest BCUT2D eigenvalue weighted by molar-refractivity contribution is 6.35. The molecule has 0 amide bonds. The van der Waals surface area contributed by atoms with Crippen LogP contribution in [-0.2, 0) is 0 Å². The Morgan fingerprint density at radius 1 is 0.895 bits per heavy atom. The van der Waals surface area contributed by atoms with Crippen LogP contribution in [0.2, 0.25) is 10.0 Å². The first-order chi connectivity index (χ1) is 8.91. The van der Waals surface area contributed by atoms with Gasteiger partial charge in [0, 0.05) is 15.6 Å². The molecule has 1 atom stereocenters. The maximum absolute atomic E-state index is 13.6. The molecule has 2 rings (SSSR count). The first-order valence-electron chi connectivity index (χ1n) is 5.25. The number of hydrogen-bond donors (Lipinski definition) is 1. The van der Waals surface area contributed by atoms with E-state index in [1.54, 1.807) is 0 Å². The van der Waals surface area contributed by atoms with Crippen LogP contribution in [0, 0.1) is 17.5 Å². The molecule has 0 aliphatic rings. The quantitative estimate of drug-likeness (QED) is 0.815. The summed E-state index contributed by atoms with van der Waals surface area (Å²) in [5, 5.41) is 0.621. The van der Waals surface area contributed by atoms with Gasteiger partial charge in [-0.2, -0.15) is 0 Å². The second kappa shape index (κ2) is 5.41. The summed E-state index contributed by atoms with van der Waals surface area (Å²) in [4.78, 5) is 0. The topological polar surface area (TPSA) is 26.0 Å². The standard InChI is InChI=1S/C13H8Cl2F3N/c14-6-1-2-7(9(15)5-6)13(19)8-3-4-10(16)12(18)11(8)17/h1-5,13H,19H2. The molecular formula is C13H8Cl2F3N. The van der Waals surface area contributed by atoms with E-state index in [2.05, 4.69) is 0 Å². The Kier molecular flexibility index (Phi) is 4.04. The molecule has 0 aliphatic heterocycles. The van der Waals surface area contributed by atoms with Gasteiger partial charge in [0.15, 0.2) is 17.5 Å². The van der Waals surface area contributed by atoms with Crippen LogP contribution in [0.25, 0.3) is 0 Å². The Morgan fingerprint density at radius 2 is 1.53 bits per heavy atom. The maximum Gasteiger partial charge on any atom is 0.194 e. The molecule has 0 spiro atoms. The van der Waals surface area contributed by atoms with E-state index in [1.807, 2.05) is 0 Å². The Labute approximate surface area is 117 Å². The molecule has 0 saturated heterocycles. The number of nitrogens with two attached hydrogens (primary N) is 1. The molecule has 2 aromatic rings. The number of halogens is 5. The third kappa shape index (κ3) is 2.71. The second-order valence-corrected chi connectivity index (χ2v) is 4.75. The Bertz CT molecular complexity index is 632. The fourth-order valence-corrected chi connectivity index (χ4v) is 2.23. The smallest absolute Gasteiger partial charge is 0.194 e. The summed E-state index contributed by atoms with van der Waals surface area (Å²) in [7, 11) is 0. The van der Waals surface area contributed by atoms with Gasteiger partial charge in [-0.15, -0.1) is 0 Å². The Hall–Kier alpha value is -1.23. The maximum atomic E-state index is 13.6. The van der Waals surface area contributed by atoms with Gasteiger partial charge in [0.1, 0.15) is 0 Å². The van der Waals surface area contributed by atoms with Crippen LogP contribution in [-0.4, -0.2) is 0 Å². The molecule has 0 fully saturated rings. The highest BCUT2D eigenvalue weighted by Crippen LogP contribution is 2.31. The molecular weight excluding hydrogens is 298 g/mol. The first-order valence-corrected chi connectivity index (χ1v) is 6.01. The number of benzene rings is 2. The number of hydrogen-bond acceptors (Lipinski definition) is 1. The van der Waals surface area contributed by atoms with E-state index in [0.29, 0.717) is 10.6 Å². The highest BCUT2D eigenvalue weighted by atomic mass is 35.5. The van der Waals surface area contributed by atoms with E-state index in [9.17, 15) is 13.2 Å². The lowest BCUT2D eigenvalue weighted by molar-refractivity contribution is 0.438. The fourth-order valence-electron chi connectivity index (χ4n) is 1.70. The van der Waals surface area contributed by atoms with Crippen molar-refractivity contribution in [1.29, 1.82) is 0 Å². The molecule has 0 aromatic heterocycles. The predicted molar refractivity (Wildman–Crippen MR) is 68.8 cm³/mol. The second-order valence-electron chi connectivity index (χ2n) is 3.91. The Balaban J connectivity index is 2.50. The van der Waals surface area contributed by atoms with Crippen molar-refractivity contribution >= 4 is 23.2 Å². The van der Waals surface area contributed by atoms with Gasteiger partial charge < -0.3 is 5.73 Å². The zero-order chi connectivity index (χ0) is 14.2. The van der Waals surface area contributed by atoms with E-state index >= 15 is 0 Å². The molecule has 0 bridgehead atoms. The molecule has 2 N–H and O–H groups in total. The molecule has 6 heteroatoms. The van der Waals surface area contributed by atoms with Gasteiger partial charge in [-0.3, -0.25) is 0 Å². The van der Waals surface area contributed by atoms with Crippen LogP contribution < -0.4 is 5.73 Å². The monoisotopic (exact) mass is 305 g/mol. The van der Waals surface area contributed by atoms with Crippen molar-refractivity contribution in [3.8, 4) is 0 Å². The van der Waals surface area contributed by atoms with Crippen LogP contribution in [0.5, 0.6) is 0 Å². The van der Waals surface area contributed by atoms with Crippen molar-refractivity contribution in [2.75, 3.05) is 0 Å². The molecule has 100 valence electrons. The SMILES string of the molecule is NC(c1ccc(Cl)cc1Cl)c1ccc(F)c(F)c1F. The minimum Gasteiger partial charge on any atom is -0.320 e. The lowest BCUT2D eigenvalue weighted by Crippen LogP contribution is -2.15. The van der Waals surface area contributed by atoms with Gasteiger partial charge in [0.05, 0.1) is 6.04 Å². The zero-order valence-electron chi connectivity index (χ0n) is 9.43. The van der Waals surface area contributed by atoms with Gasteiger partial charge in [0.25, 0.3) is 0 Å². The first kappa shape index (κ1) is 14.2. The Morgan fingerprint density at radius 3 is 2.16 bits per heavy atom. The third-order valence-corrected chi connectivity index (χ3v) is 3.26. The van der Waals surface area contributed by atoms with Gasteiger partial charge in [0.2, 0.25) is 0 Å². The summed E-state index contributed by atoms with van der Waals surface area (Å²) in [5.41, 5.74) is 6.02. The van der Waals surface area contributed by atoms with Gasteiger partial charge in [-0.1, -0.05) is 35.3 Å². The molecule has 19 heavy (non-hydrogen) atoms. The number of rotatable bonds is 2. The predicted octanol–water partition coefficient (Wildman–Crippen LogP) is 4.46. The molecule has 1 nitrogen and oxygen atoms in total. The van der Waals surface area contributed by atoms with Gasteiger partial charge in [-0.25, -0.2) is 13.2 Å². The van der Waals surface area contributed by atoms with Crippen molar-refractivity contribution in [2.24, 2.45) is 5.73 Å². The zero-order valence-corrected chi connectivity index (χ0v) is 10.9. The van der Waals surface area contributed by atoms with E-state index in [0.717, 1.165) is 12.1 Å². The fraction of sp³-hybridized carbons (Fsp3) is 0.0769. The molecule has 0 saturated carbocycles.